The van der Waals surface area contributed by atoms with Crippen LogP contribution in [0.3, 0.4) is 0 Å². The van der Waals surface area contributed by atoms with Crippen molar-refractivity contribution in [1.82, 2.24) is 9.97 Å². The molecule has 5 nitrogen and oxygen atoms in total. The van der Waals surface area contributed by atoms with Gasteiger partial charge in [-0.05, 0) is 30.3 Å². The van der Waals surface area contributed by atoms with Gasteiger partial charge in [0.05, 0.1) is 29.4 Å². The Morgan fingerprint density at radius 2 is 1.80 bits per heavy atom. The Bertz CT molecular complexity index is 913. The first-order chi connectivity index (χ1) is 12.2. The van der Waals surface area contributed by atoms with Crippen molar-refractivity contribution in [2.45, 2.75) is 0 Å². The summed E-state index contributed by atoms with van der Waals surface area (Å²) in [6, 6.07) is 13.3. The summed E-state index contributed by atoms with van der Waals surface area (Å²) in [5.41, 5.74) is 1.60. The number of nitrogens with one attached hydrogen (secondary N) is 1. The number of fused-ring (bicyclic) bond motifs is 1. The summed E-state index contributed by atoms with van der Waals surface area (Å²) in [6.45, 7) is 3.01. The van der Waals surface area contributed by atoms with Gasteiger partial charge in [-0.15, -0.1) is 0 Å². The topological polar surface area (TPSA) is 50.3 Å². The van der Waals surface area contributed by atoms with Crippen LogP contribution in [0.1, 0.15) is 0 Å². The van der Waals surface area contributed by atoms with E-state index in [-0.39, 0.29) is 0 Å². The van der Waals surface area contributed by atoms with E-state index >= 15 is 0 Å². The van der Waals surface area contributed by atoms with Crippen LogP contribution < -0.4 is 10.2 Å². The average molecular weight is 375 g/mol. The summed E-state index contributed by atoms with van der Waals surface area (Å²) in [4.78, 5) is 11.6. The molecule has 2 heterocycles. The highest BCUT2D eigenvalue weighted by Crippen LogP contribution is 2.30. The van der Waals surface area contributed by atoms with Crippen molar-refractivity contribution < 1.29 is 4.74 Å². The minimum Gasteiger partial charge on any atom is -0.378 e. The van der Waals surface area contributed by atoms with Crippen LogP contribution in [-0.4, -0.2) is 36.3 Å². The number of benzene rings is 2. The quantitative estimate of drug-likeness (QED) is 0.730. The number of nitrogens with zero attached hydrogens (tertiary/aromatic N) is 3. The van der Waals surface area contributed by atoms with Gasteiger partial charge >= 0.3 is 0 Å². The molecule has 2 aromatic carbocycles. The second-order valence-electron chi connectivity index (χ2n) is 5.74. The van der Waals surface area contributed by atoms with Crippen LogP contribution in [0.4, 0.5) is 17.5 Å². The van der Waals surface area contributed by atoms with Gasteiger partial charge in [0, 0.05) is 23.5 Å². The van der Waals surface area contributed by atoms with E-state index < -0.39 is 0 Å². The third-order valence-electron chi connectivity index (χ3n) is 4.07. The molecule has 0 amide bonds. The van der Waals surface area contributed by atoms with E-state index in [9.17, 15) is 0 Å². The van der Waals surface area contributed by atoms with Gasteiger partial charge in [-0.2, -0.15) is 4.98 Å². The molecule has 1 N–H and O–H groups in total. The summed E-state index contributed by atoms with van der Waals surface area (Å²) >= 11 is 12.2. The number of rotatable bonds is 3. The van der Waals surface area contributed by atoms with Crippen molar-refractivity contribution >= 4 is 51.6 Å². The van der Waals surface area contributed by atoms with Crippen LogP contribution in [0.2, 0.25) is 10.0 Å². The Morgan fingerprint density at radius 1 is 1.00 bits per heavy atom. The molecule has 1 aromatic heterocycles. The van der Waals surface area contributed by atoms with Crippen molar-refractivity contribution in [2.24, 2.45) is 0 Å². The zero-order valence-electron chi connectivity index (χ0n) is 13.4. The molecule has 1 aliphatic rings. The lowest BCUT2D eigenvalue weighted by atomic mass is 10.2. The molecule has 0 saturated carbocycles. The summed E-state index contributed by atoms with van der Waals surface area (Å²) in [7, 11) is 0. The van der Waals surface area contributed by atoms with E-state index in [1.807, 2.05) is 30.3 Å². The smallest absolute Gasteiger partial charge is 0.229 e. The third kappa shape index (κ3) is 3.49. The minimum atomic E-state index is 0.504. The monoisotopic (exact) mass is 374 g/mol. The van der Waals surface area contributed by atoms with Crippen molar-refractivity contribution in [1.29, 1.82) is 0 Å². The van der Waals surface area contributed by atoms with Crippen LogP contribution in [0.5, 0.6) is 0 Å². The lowest BCUT2D eigenvalue weighted by molar-refractivity contribution is 0.122. The molecule has 0 atom stereocenters. The van der Waals surface area contributed by atoms with Gasteiger partial charge in [0.15, 0.2) is 0 Å². The van der Waals surface area contributed by atoms with Gasteiger partial charge in [-0.1, -0.05) is 35.3 Å². The molecule has 1 fully saturated rings. The summed E-state index contributed by atoms with van der Waals surface area (Å²) in [5.74, 6) is 1.41. The molecule has 7 heteroatoms. The first-order valence-electron chi connectivity index (χ1n) is 8.02. The molecule has 0 aliphatic carbocycles. The molecule has 0 radical (unpaired) electrons. The Labute approximate surface area is 155 Å². The highest BCUT2D eigenvalue weighted by Gasteiger charge is 2.17. The Balaban J connectivity index is 1.76. The molecule has 25 heavy (non-hydrogen) atoms. The number of halogens is 2. The molecule has 4 rings (SSSR count). The SMILES string of the molecule is Clc1ccc(Nc2nc(N3CCOCC3)c3ccccc3n2)c(Cl)c1. The number of para-hydroxylation sites is 1. The maximum atomic E-state index is 6.26. The molecule has 0 unspecified atom stereocenters. The van der Waals surface area contributed by atoms with Gasteiger partial charge in [0.1, 0.15) is 5.82 Å². The fourth-order valence-electron chi connectivity index (χ4n) is 2.84. The molecule has 1 saturated heterocycles. The van der Waals surface area contributed by atoms with E-state index in [2.05, 4.69) is 15.2 Å². The Hall–Kier alpha value is -2.08. The van der Waals surface area contributed by atoms with Gasteiger partial charge in [-0.25, -0.2) is 4.98 Å². The predicted octanol–water partition coefficient (Wildman–Crippen LogP) is 4.52. The fraction of sp³-hybridized carbons (Fsp3) is 0.222. The second kappa shape index (κ2) is 7.04. The summed E-state index contributed by atoms with van der Waals surface area (Å²) < 4.78 is 5.46. The normalized spacial score (nSPS) is 14.7. The second-order valence-corrected chi connectivity index (χ2v) is 6.58. The van der Waals surface area contributed by atoms with Gasteiger partial charge < -0.3 is 15.0 Å². The zero-order chi connectivity index (χ0) is 17.2. The Kier molecular flexibility index (Phi) is 4.61. The van der Waals surface area contributed by atoms with E-state index in [1.165, 1.54) is 0 Å². The van der Waals surface area contributed by atoms with Crippen LogP contribution in [0.25, 0.3) is 10.9 Å². The van der Waals surface area contributed by atoms with Crippen molar-refractivity contribution in [3.8, 4) is 0 Å². The van der Waals surface area contributed by atoms with Crippen molar-refractivity contribution in [3.63, 3.8) is 0 Å². The zero-order valence-corrected chi connectivity index (χ0v) is 14.9. The van der Waals surface area contributed by atoms with Crippen LogP contribution in [-0.2, 0) is 4.74 Å². The molecule has 1 aliphatic heterocycles. The van der Waals surface area contributed by atoms with Crippen molar-refractivity contribution in [3.05, 3.63) is 52.5 Å². The maximum Gasteiger partial charge on any atom is 0.229 e. The number of anilines is 3. The highest BCUT2D eigenvalue weighted by atomic mass is 35.5. The third-order valence-corrected chi connectivity index (χ3v) is 4.62. The van der Waals surface area contributed by atoms with Gasteiger partial charge in [0.2, 0.25) is 5.95 Å². The number of morpholine rings is 1. The molecule has 3 aromatic rings. The lowest BCUT2D eigenvalue weighted by Crippen LogP contribution is -2.37. The average Bonchev–Trinajstić information content (AvgIpc) is 2.64. The lowest BCUT2D eigenvalue weighted by Gasteiger charge is -2.29. The van der Waals surface area contributed by atoms with Crippen LogP contribution >= 0.6 is 23.2 Å². The molecular weight excluding hydrogens is 359 g/mol. The maximum absolute atomic E-state index is 6.26. The molecule has 0 spiro atoms. The van der Waals surface area contributed by atoms with E-state index in [0.29, 0.717) is 34.9 Å². The van der Waals surface area contributed by atoms with Crippen LogP contribution in [0, 0.1) is 0 Å². The largest absolute Gasteiger partial charge is 0.378 e. The van der Waals surface area contributed by atoms with Gasteiger partial charge in [-0.3, -0.25) is 0 Å². The Morgan fingerprint density at radius 3 is 2.60 bits per heavy atom. The predicted molar refractivity (Wildman–Crippen MR) is 102 cm³/mol. The number of aromatic nitrogens is 2. The molecular formula is C18H16Cl2N4O. The molecule has 0 bridgehead atoms. The highest BCUT2D eigenvalue weighted by molar-refractivity contribution is 6.36. The first kappa shape index (κ1) is 16.4. The first-order valence-corrected chi connectivity index (χ1v) is 8.78. The van der Waals surface area contributed by atoms with Crippen LogP contribution in [0.15, 0.2) is 42.5 Å². The van der Waals surface area contributed by atoms with E-state index in [0.717, 1.165) is 29.8 Å². The van der Waals surface area contributed by atoms with E-state index in [4.69, 9.17) is 32.9 Å². The fourth-order valence-corrected chi connectivity index (χ4v) is 3.30. The summed E-state index contributed by atoms with van der Waals surface area (Å²) in [6.07, 6.45) is 0. The number of hydrogen-bond donors (Lipinski definition) is 1. The van der Waals surface area contributed by atoms with E-state index in [1.54, 1.807) is 12.1 Å². The number of ether oxygens (including phenoxy) is 1. The molecule has 128 valence electrons. The minimum absolute atomic E-state index is 0.504. The van der Waals surface area contributed by atoms with Gasteiger partial charge in [0.25, 0.3) is 0 Å². The number of hydrogen-bond acceptors (Lipinski definition) is 5. The summed E-state index contributed by atoms with van der Waals surface area (Å²) in [5, 5.41) is 5.34. The standard InChI is InChI=1S/C18H16Cl2N4O/c19-12-5-6-16(14(20)11-12)22-18-21-15-4-2-1-3-13(15)17(23-18)24-7-9-25-10-8-24/h1-6,11H,7-10H2,(H,21,22,23). The van der Waals surface area contributed by atoms with Crippen molar-refractivity contribution in [2.75, 3.05) is 36.5 Å².